The summed E-state index contributed by atoms with van der Waals surface area (Å²) >= 11 is 4.29. The van der Waals surface area contributed by atoms with E-state index in [4.69, 9.17) is 0 Å². The van der Waals surface area contributed by atoms with Crippen LogP contribution in [0.1, 0.15) is 6.92 Å². The second-order valence-corrected chi connectivity index (χ2v) is 2.91. The summed E-state index contributed by atoms with van der Waals surface area (Å²) in [5, 5.41) is 0.274. The third-order valence-corrected chi connectivity index (χ3v) is 1.58. The Hall–Kier alpha value is -0.210. The van der Waals surface area contributed by atoms with Gasteiger partial charge in [0.15, 0.2) is 0 Å². The summed E-state index contributed by atoms with van der Waals surface area (Å²) in [4.78, 5) is 2.16. The molecule has 0 N–H and O–H groups in total. The molecular formula is C8H15NS. The Bertz CT molecular complexity index is 99.8. The molecule has 0 aliphatic rings. The average Bonchev–Trinajstić information content (AvgIpc) is 1.87. The van der Waals surface area contributed by atoms with Gasteiger partial charge in [-0.1, -0.05) is 12.2 Å². The number of hydrogen-bond donors (Lipinski definition) is 1. The van der Waals surface area contributed by atoms with Gasteiger partial charge in [0, 0.05) is 13.1 Å². The van der Waals surface area contributed by atoms with Gasteiger partial charge in [-0.3, -0.25) is 4.90 Å². The van der Waals surface area contributed by atoms with Crippen LogP contribution in [0, 0.1) is 0 Å². The molecule has 0 amide bonds. The molecule has 0 aliphatic heterocycles. The fourth-order valence-corrected chi connectivity index (χ4v) is 0.900. The lowest BCUT2D eigenvalue weighted by atomic mass is 10.4. The normalized spacial score (nSPS) is 13.1. The molecule has 0 heterocycles. The zero-order chi connectivity index (χ0) is 7.98. The maximum atomic E-state index is 4.29. The van der Waals surface area contributed by atoms with E-state index in [0.717, 1.165) is 13.1 Å². The zero-order valence-corrected chi connectivity index (χ0v) is 7.35. The van der Waals surface area contributed by atoms with Crippen LogP contribution in [0.15, 0.2) is 25.3 Å². The summed E-state index contributed by atoms with van der Waals surface area (Å²) in [7, 11) is 0. The highest BCUT2D eigenvalue weighted by atomic mass is 32.1. The maximum absolute atomic E-state index is 4.29. The molecule has 58 valence electrons. The predicted octanol–water partition coefficient (Wildman–Crippen LogP) is 1.94. The molecule has 2 heteroatoms. The Morgan fingerprint density at radius 2 is 1.80 bits per heavy atom. The van der Waals surface area contributed by atoms with E-state index in [9.17, 15) is 0 Å². The monoisotopic (exact) mass is 157 g/mol. The molecule has 0 aromatic rings. The summed E-state index contributed by atoms with van der Waals surface area (Å²) in [5.41, 5.74) is 0. The van der Waals surface area contributed by atoms with Gasteiger partial charge < -0.3 is 0 Å². The molecular weight excluding hydrogens is 142 g/mol. The highest BCUT2D eigenvalue weighted by molar-refractivity contribution is 7.80. The number of hydrogen-bond acceptors (Lipinski definition) is 2. The zero-order valence-electron chi connectivity index (χ0n) is 6.45. The van der Waals surface area contributed by atoms with Crippen molar-refractivity contribution in [2.45, 2.75) is 12.3 Å². The number of rotatable bonds is 5. The fourth-order valence-electron chi connectivity index (χ4n) is 0.711. The summed E-state index contributed by atoms with van der Waals surface area (Å²) in [6.07, 6.45) is 3.74. The highest BCUT2D eigenvalue weighted by Crippen LogP contribution is 2.01. The molecule has 0 aromatic heterocycles. The number of nitrogens with zero attached hydrogens (tertiary/aromatic N) is 1. The van der Waals surface area contributed by atoms with Crippen molar-refractivity contribution >= 4 is 12.6 Å². The van der Waals surface area contributed by atoms with Gasteiger partial charge in [0.25, 0.3) is 0 Å². The smallest absolute Gasteiger partial charge is 0.0505 e. The van der Waals surface area contributed by atoms with Crippen LogP contribution in [0.25, 0.3) is 0 Å². The third kappa shape index (κ3) is 3.75. The minimum Gasteiger partial charge on any atom is -0.285 e. The lowest BCUT2D eigenvalue weighted by Gasteiger charge is -2.21. The van der Waals surface area contributed by atoms with Gasteiger partial charge in [-0.25, -0.2) is 0 Å². The van der Waals surface area contributed by atoms with Gasteiger partial charge in [-0.2, -0.15) is 12.6 Å². The fraction of sp³-hybridized carbons (Fsp3) is 0.500. The van der Waals surface area contributed by atoms with Gasteiger partial charge in [0.1, 0.15) is 0 Å². The van der Waals surface area contributed by atoms with E-state index in [2.05, 4.69) is 30.7 Å². The standard InChI is InChI=1S/C8H15NS/c1-4-6-9(7-5-2)8(3)10/h4-5,8,10H,1-2,6-7H2,3H3. The first kappa shape index (κ1) is 9.79. The van der Waals surface area contributed by atoms with E-state index >= 15 is 0 Å². The van der Waals surface area contributed by atoms with Crippen molar-refractivity contribution in [3.8, 4) is 0 Å². The van der Waals surface area contributed by atoms with Gasteiger partial charge in [-0.05, 0) is 6.92 Å². The SMILES string of the molecule is C=CCN(CC=C)C(C)S. The Labute approximate surface area is 68.8 Å². The highest BCUT2D eigenvalue weighted by Gasteiger charge is 2.03. The molecule has 0 bridgehead atoms. The summed E-state index contributed by atoms with van der Waals surface area (Å²) in [6.45, 7) is 11.1. The first-order valence-electron chi connectivity index (χ1n) is 3.36. The summed E-state index contributed by atoms with van der Waals surface area (Å²) in [5.74, 6) is 0. The molecule has 1 atom stereocenters. The lowest BCUT2D eigenvalue weighted by molar-refractivity contribution is 0.330. The Morgan fingerprint density at radius 3 is 2.00 bits per heavy atom. The second kappa shape index (κ2) is 5.57. The second-order valence-electron chi connectivity index (χ2n) is 2.16. The molecule has 0 spiro atoms. The first-order valence-corrected chi connectivity index (χ1v) is 3.88. The van der Waals surface area contributed by atoms with Crippen LogP contribution in [-0.2, 0) is 0 Å². The van der Waals surface area contributed by atoms with Crippen LogP contribution < -0.4 is 0 Å². The number of thiol groups is 1. The van der Waals surface area contributed by atoms with Crippen LogP contribution in [0.4, 0.5) is 0 Å². The van der Waals surface area contributed by atoms with Gasteiger partial charge in [0.2, 0.25) is 0 Å². The van der Waals surface area contributed by atoms with Crippen LogP contribution in [0.3, 0.4) is 0 Å². The minimum absolute atomic E-state index is 0.274. The molecule has 0 saturated heterocycles. The van der Waals surface area contributed by atoms with Crippen molar-refractivity contribution in [2.75, 3.05) is 13.1 Å². The molecule has 1 nitrogen and oxygen atoms in total. The van der Waals surface area contributed by atoms with Gasteiger partial charge >= 0.3 is 0 Å². The lowest BCUT2D eigenvalue weighted by Crippen LogP contribution is -2.29. The molecule has 0 aromatic carbocycles. The topological polar surface area (TPSA) is 3.24 Å². The van der Waals surface area contributed by atoms with E-state index < -0.39 is 0 Å². The molecule has 0 saturated carbocycles. The van der Waals surface area contributed by atoms with Gasteiger partial charge in [-0.15, -0.1) is 13.2 Å². The third-order valence-electron chi connectivity index (χ3n) is 1.26. The van der Waals surface area contributed by atoms with E-state index in [1.54, 1.807) is 0 Å². The molecule has 0 aliphatic carbocycles. The van der Waals surface area contributed by atoms with Crippen molar-refractivity contribution in [1.29, 1.82) is 0 Å². The van der Waals surface area contributed by atoms with Crippen molar-refractivity contribution in [3.05, 3.63) is 25.3 Å². The Morgan fingerprint density at radius 1 is 1.40 bits per heavy atom. The first-order chi connectivity index (χ1) is 4.72. The Kier molecular flexibility index (Phi) is 5.45. The van der Waals surface area contributed by atoms with Crippen LogP contribution in [0.5, 0.6) is 0 Å². The van der Waals surface area contributed by atoms with Crippen LogP contribution in [-0.4, -0.2) is 23.4 Å². The molecule has 0 fully saturated rings. The van der Waals surface area contributed by atoms with E-state index in [-0.39, 0.29) is 5.37 Å². The largest absolute Gasteiger partial charge is 0.285 e. The summed E-state index contributed by atoms with van der Waals surface area (Å²) in [6, 6.07) is 0. The van der Waals surface area contributed by atoms with Crippen LogP contribution in [0.2, 0.25) is 0 Å². The molecule has 1 unspecified atom stereocenters. The average molecular weight is 157 g/mol. The summed E-state index contributed by atoms with van der Waals surface area (Å²) < 4.78 is 0. The maximum Gasteiger partial charge on any atom is 0.0505 e. The quantitative estimate of drug-likeness (QED) is 0.362. The Balaban J connectivity index is 3.70. The molecule has 10 heavy (non-hydrogen) atoms. The van der Waals surface area contributed by atoms with Crippen molar-refractivity contribution in [1.82, 2.24) is 4.90 Å². The van der Waals surface area contributed by atoms with Crippen LogP contribution >= 0.6 is 12.6 Å². The minimum atomic E-state index is 0.274. The molecule has 0 radical (unpaired) electrons. The van der Waals surface area contributed by atoms with E-state index in [0.29, 0.717) is 0 Å². The van der Waals surface area contributed by atoms with Gasteiger partial charge in [0.05, 0.1) is 5.37 Å². The van der Waals surface area contributed by atoms with Crippen molar-refractivity contribution < 1.29 is 0 Å². The van der Waals surface area contributed by atoms with E-state index in [1.165, 1.54) is 0 Å². The molecule has 0 rings (SSSR count). The van der Waals surface area contributed by atoms with Crippen molar-refractivity contribution in [2.24, 2.45) is 0 Å². The predicted molar refractivity (Wildman–Crippen MR) is 50.4 cm³/mol. The van der Waals surface area contributed by atoms with E-state index in [1.807, 2.05) is 19.1 Å². The van der Waals surface area contributed by atoms with Crippen molar-refractivity contribution in [3.63, 3.8) is 0 Å².